The molecule has 1 aliphatic rings. The van der Waals surface area contributed by atoms with E-state index in [0.29, 0.717) is 5.41 Å². The van der Waals surface area contributed by atoms with Gasteiger partial charge in [0.2, 0.25) is 0 Å². The molecule has 0 saturated heterocycles. The number of nitrogens with zero attached hydrogens (tertiary/aromatic N) is 3. The summed E-state index contributed by atoms with van der Waals surface area (Å²) < 4.78 is 0. The molecular weight excluding hydrogens is 739 g/mol. The Morgan fingerprint density at radius 2 is 1.48 bits per heavy atom. The summed E-state index contributed by atoms with van der Waals surface area (Å²) >= 11 is 0. The summed E-state index contributed by atoms with van der Waals surface area (Å²) in [5.74, 6) is 0. The molecule has 0 unspecified atom stereocenters. The van der Waals surface area contributed by atoms with Gasteiger partial charge in [-0.3, -0.25) is 0 Å². The molecule has 0 atom stereocenters. The molecule has 0 saturated carbocycles. The molecule has 0 fully saturated rings. The summed E-state index contributed by atoms with van der Waals surface area (Å²) in [7, 11) is 0. The Hall–Kier alpha value is -4.24. The van der Waals surface area contributed by atoms with Crippen molar-refractivity contribution in [2.75, 3.05) is 0 Å². The van der Waals surface area contributed by atoms with E-state index in [1.54, 1.807) is 6.20 Å². The number of aryl methyl sites for hydroxylation is 1. The molecule has 4 heteroatoms. The van der Waals surface area contributed by atoms with E-state index in [1.165, 1.54) is 38.9 Å². The standard InChI is InChI=1S/C22H22N.C20H17N2.Ir/c1-22(2,3)16-17-9-11-18(12-10-17)20-13-14-23-21(15-20)19-7-5-4-6-8-19;1-13-8-9-21-11-15(13)19-10-18-16(12-22-19)14-6-4-5-7-17(14)20(18,2)3;/h4-7,9-15H,16H2,1-3H3;4-10,12H,1-3H3;/q2*-1;. The number of pyridine rings is 3. The van der Waals surface area contributed by atoms with Gasteiger partial charge in [-0.15, -0.1) is 53.1 Å². The number of aromatic nitrogens is 3. The van der Waals surface area contributed by atoms with Crippen molar-refractivity contribution in [3.05, 3.63) is 150 Å². The third-order valence-corrected chi connectivity index (χ3v) is 8.46. The average Bonchev–Trinajstić information content (AvgIpc) is 3.27. The van der Waals surface area contributed by atoms with Crippen LogP contribution in [0.1, 0.15) is 56.9 Å². The van der Waals surface area contributed by atoms with E-state index in [9.17, 15) is 0 Å². The van der Waals surface area contributed by atoms with Crippen molar-refractivity contribution in [3.8, 4) is 44.8 Å². The van der Waals surface area contributed by atoms with E-state index in [-0.39, 0.29) is 25.5 Å². The Labute approximate surface area is 287 Å². The smallest absolute Gasteiger partial charge is 0.0242 e. The van der Waals surface area contributed by atoms with Crippen molar-refractivity contribution in [2.45, 2.75) is 53.4 Å². The Balaban J connectivity index is 0.000000177. The van der Waals surface area contributed by atoms with E-state index in [1.807, 2.05) is 42.7 Å². The van der Waals surface area contributed by atoms with E-state index in [0.717, 1.165) is 34.5 Å². The summed E-state index contributed by atoms with van der Waals surface area (Å²) in [6.07, 6.45) is 9.81. The van der Waals surface area contributed by atoms with E-state index in [2.05, 4.69) is 135 Å². The minimum Gasteiger partial charge on any atom is -0.360 e. The molecule has 6 aromatic rings. The van der Waals surface area contributed by atoms with Crippen LogP contribution < -0.4 is 0 Å². The van der Waals surface area contributed by atoms with Crippen molar-refractivity contribution in [1.82, 2.24) is 15.0 Å². The number of hydrogen-bond donors (Lipinski definition) is 0. The Kier molecular flexibility index (Phi) is 9.82. The number of benzene rings is 3. The molecule has 3 heterocycles. The maximum Gasteiger partial charge on any atom is 0.0242 e. The van der Waals surface area contributed by atoms with E-state index >= 15 is 0 Å². The fraction of sp³-hybridized carbons (Fsp3) is 0.214. The summed E-state index contributed by atoms with van der Waals surface area (Å²) in [6.45, 7) is 13.4. The molecule has 0 bridgehead atoms. The van der Waals surface area contributed by atoms with Crippen LogP contribution in [0.4, 0.5) is 0 Å². The SMILES string of the molecule is CC(C)(C)Cc1ccc(-c2ccnc(-c3[c-]cccc3)c2)cc1.Cc1ccn[c-]c1-c1cc2c(cn1)-c1ccccc1C2(C)C.[Ir]. The first kappa shape index (κ1) is 33.1. The van der Waals surface area contributed by atoms with Crippen LogP contribution in [0.25, 0.3) is 44.8 Å². The molecule has 3 nitrogen and oxygen atoms in total. The molecule has 0 N–H and O–H groups in total. The summed E-state index contributed by atoms with van der Waals surface area (Å²) in [5.41, 5.74) is 14.4. The van der Waals surface area contributed by atoms with Gasteiger partial charge in [0.25, 0.3) is 0 Å². The first-order valence-corrected chi connectivity index (χ1v) is 15.6. The van der Waals surface area contributed by atoms with Crippen LogP contribution >= 0.6 is 0 Å². The van der Waals surface area contributed by atoms with Gasteiger partial charge in [-0.2, -0.15) is 0 Å². The van der Waals surface area contributed by atoms with Gasteiger partial charge in [0.1, 0.15) is 0 Å². The Morgan fingerprint density at radius 1 is 0.717 bits per heavy atom. The Morgan fingerprint density at radius 3 is 2.20 bits per heavy atom. The molecule has 0 aliphatic heterocycles. The minimum absolute atomic E-state index is 0. The average molecular weight is 778 g/mol. The van der Waals surface area contributed by atoms with Crippen LogP contribution in [-0.4, -0.2) is 15.0 Å². The van der Waals surface area contributed by atoms with Crippen molar-refractivity contribution in [3.63, 3.8) is 0 Å². The molecule has 1 radical (unpaired) electrons. The van der Waals surface area contributed by atoms with Gasteiger partial charge in [-0.25, -0.2) is 0 Å². The van der Waals surface area contributed by atoms with Crippen LogP contribution in [0.3, 0.4) is 0 Å². The number of fused-ring (bicyclic) bond motifs is 3. The first-order chi connectivity index (χ1) is 21.6. The predicted octanol–water partition coefficient (Wildman–Crippen LogP) is 10.4. The number of rotatable bonds is 4. The third kappa shape index (κ3) is 7.09. The van der Waals surface area contributed by atoms with Gasteiger partial charge in [0, 0.05) is 43.5 Å². The van der Waals surface area contributed by atoms with Crippen LogP contribution in [0.2, 0.25) is 0 Å². The van der Waals surface area contributed by atoms with Crippen LogP contribution in [0.5, 0.6) is 0 Å². The molecule has 3 aromatic carbocycles. The summed E-state index contributed by atoms with van der Waals surface area (Å²) in [6, 6.07) is 37.1. The van der Waals surface area contributed by atoms with Crippen LogP contribution in [-0.2, 0) is 31.9 Å². The zero-order valence-corrected chi connectivity index (χ0v) is 29.7. The first-order valence-electron chi connectivity index (χ1n) is 15.6. The van der Waals surface area contributed by atoms with E-state index < -0.39 is 0 Å². The van der Waals surface area contributed by atoms with Crippen molar-refractivity contribution >= 4 is 0 Å². The fourth-order valence-corrected chi connectivity index (χ4v) is 6.15. The summed E-state index contributed by atoms with van der Waals surface area (Å²) in [4.78, 5) is 13.3. The van der Waals surface area contributed by atoms with Gasteiger partial charge in [-0.05, 0) is 68.9 Å². The fourth-order valence-electron chi connectivity index (χ4n) is 6.15. The zero-order valence-electron chi connectivity index (χ0n) is 27.4. The second-order valence-electron chi connectivity index (χ2n) is 13.5. The molecule has 0 spiro atoms. The van der Waals surface area contributed by atoms with Crippen LogP contribution in [0.15, 0.2) is 116 Å². The maximum atomic E-state index is 4.67. The van der Waals surface area contributed by atoms with Crippen molar-refractivity contribution < 1.29 is 20.1 Å². The topological polar surface area (TPSA) is 38.7 Å². The van der Waals surface area contributed by atoms with Gasteiger partial charge in [0.05, 0.1) is 0 Å². The molecule has 0 amide bonds. The monoisotopic (exact) mass is 778 g/mol. The third-order valence-electron chi connectivity index (χ3n) is 8.46. The second-order valence-corrected chi connectivity index (χ2v) is 13.5. The zero-order chi connectivity index (χ0) is 31.6. The maximum absolute atomic E-state index is 4.67. The van der Waals surface area contributed by atoms with Gasteiger partial charge in [-0.1, -0.05) is 108 Å². The van der Waals surface area contributed by atoms with Gasteiger partial charge >= 0.3 is 0 Å². The van der Waals surface area contributed by atoms with Crippen LogP contribution in [0, 0.1) is 24.6 Å². The minimum atomic E-state index is -0.000268. The van der Waals surface area contributed by atoms with Gasteiger partial charge < -0.3 is 15.0 Å². The molecule has 3 aromatic heterocycles. The quantitative estimate of drug-likeness (QED) is 0.167. The van der Waals surface area contributed by atoms with Crippen molar-refractivity contribution in [2.24, 2.45) is 5.41 Å². The normalized spacial score (nSPS) is 12.7. The molecule has 1 aliphatic carbocycles. The molecule has 46 heavy (non-hydrogen) atoms. The second kappa shape index (κ2) is 13.6. The van der Waals surface area contributed by atoms with Crippen molar-refractivity contribution in [1.29, 1.82) is 0 Å². The van der Waals surface area contributed by atoms with E-state index in [4.69, 9.17) is 0 Å². The summed E-state index contributed by atoms with van der Waals surface area (Å²) in [5, 5.41) is 0. The largest absolute Gasteiger partial charge is 0.360 e. The molecule has 7 rings (SSSR count). The number of hydrogen-bond acceptors (Lipinski definition) is 3. The molecule has 233 valence electrons. The molecular formula is C42H39IrN3-2. The predicted molar refractivity (Wildman–Crippen MR) is 186 cm³/mol. The Bertz CT molecular complexity index is 1940. The van der Waals surface area contributed by atoms with Gasteiger partial charge in [0.15, 0.2) is 0 Å².